The van der Waals surface area contributed by atoms with Gasteiger partial charge in [-0.05, 0) is 17.9 Å². The van der Waals surface area contributed by atoms with Gasteiger partial charge in [0.1, 0.15) is 6.17 Å². The number of hydrogen-bond donors (Lipinski definition) is 1. The highest BCUT2D eigenvalue weighted by Gasteiger charge is 2.33. The molecule has 1 aliphatic rings. The number of alkyl halides is 1. The Morgan fingerprint density at radius 2 is 2.30 bits per heavy atom. The molecule has 0 bridgehead atoms. The molecule has 1 aliphatic heterocycles. The highest BCUT2D eigenvalue weighted by molar-refractivity contribution is 7.88. The van der Waals surface area contributed by atoms with Gasteiger partial charge in [0.25, 0.3) is 0 Å². The van der Waals surface area contributed by atoms with Crippen LogP contribution < -0.4 is 4.72 Å². The normalized spacial score (nSPS) is 22.4. The van der Waals surface area contributed by atoms with E-state index in [1.165, 1.54) is 4.90 Å². The van der Waals surface area contributed by atoms with Gasteiger partial charge in [0.15, 0.2) is 0 Å². The second-order valence-electron chi connectivity index (χ2n) is 5.86. The number of carbonyl (C=O) groups is 1. The molecule has 1 N–H and O–H groups in total. The van der Waals surface area contributed by atoms with Crippen LogP contribution in [0.25, 0.3) is 0 Å². The maximum Gasteiger partial charge on any atom is 0.237 e. The number of carbonyl (C=O) groups excluding carboxylic acids is 1. The van der Waals surface area contributed by atoms with E-state index in [-0.39, 0.29) is 18.5 Å². The van der Waals surface area contributed by atoms with Crippen LogP contribution in [-0.2, 0) is 21.4 Å². The van der Waals surface area contributed by atoms with Crippen LogP contribution in [0.2, 0.25) is 0 Å². The van der Waals surface area contributed by atoms with Gasteiger partial charge in [0.05, 0.1) is 12.8 Å². The molecule has 23 heavy (non-hydrogen) atoms. The van der Waals surface area contributed by atoms with Gasteiger partial charge >= 0.3 is 0 Å². The van der Waals surface area contributed by atoms with Crippen molar-refractivity contribution >= 4 is 27.3 Å². The molecular formula is C14H22FN3O3S2. The van der Waals surface area contributed by atoms with E-state index in [4.69, 9.17) is 0 Å². The molecule has 1 amide bonds. The Bertz CT molecular complexity index is 621. The average molecular weight is 363 g/mol. The van der Waals surface area contributed by atoms with E-state index in [0.717, 1.165) is 11.1 Å². The van der Waals surface area contributed by atoms with Gasteiger partial charge in [0.2, 0.25) is 15.9 Å². The quantitative estimate of drug-likeness (QED) is 0.773. The predicted octanol–water partition coefficient (Wildman–Crippen LogP) is 0.668. The van der Waals surface area contributed by atoms with E-state index in [2.05, 4.69) is 4.72 Å². The summed E-state index contributed by atoms with van der Waals surface area (Å²) in [5.41, 5.74) is 0. The van der Waals surface area contributed by atoms with Crippen LogP contribution in [0.1, 0.15) is 11.3 Å². The fourth-order valence-electron chi connectivity index (χ4n) is 2.65. The number of hydrogen-bond acceptors (Lipinski definition) is 5. The molecule has 0 unspecified atom stereocenters. The monoisotopic (exact) mass is 363 g/mol. The summed E-state index contributed by atoms with van der Waals surface area (Å²) >= 11 is 1.63. The first-order valence-electron chi connectivity index (χ1n) is 7.33. The number of amides is 1. The zero-order chi connectivity index (χ0) is 17.0. The van der Waals surface area contributed by atoms with Crippen molar-refractivity contribution < 1.29 is 17.6 Å². The molecule has 0 saturated carbocycles. The molecule has 2 atom stereocenters. The lowest BCUT2D eigenvalue weighted by Gasteiger charge is -2.28. The minimum Gasteiger partial charge on any atom is -0.343 e. The summed E-state index contributed by atoms with van der Waals surface area (Å²) in [4.78, 5) is 16.6. The molecule has 130 valence electrons. The Morgan fingerprint density at radius 1 is 1.57 bits per heavy atom. The van der Waals surface area contributed by atoms with Crippen LogP contribution in [-0.4, -0.2) is 69.3 Å². The first-order valence-corrected chi connectivity index (χ1v) is 10.1. The van der Waals surface area contributed by atoms with E-state index in [1.54, 1.807) is 18.4 Å². The van der Waals surface area contributed by atoms with Crippen LogP contribution in [0.5, 0.6) is 0 Å². The van der Waals surface area contributed by atoms with Crippen LogP contribution in [0.15, 0.2) is 17.5 Å². The first-order chi connectivity index (χ1) is 10.7. The molecule has 0 aromatic carbocycles. The van der Waals surface area contributed by atoms with E-state index in [1.807, 2.05) is 22.4 Å². The van der Waals surface area contributed by atoms with Gasteiger partial charge in [-0.15, -0.1) is 11.3 Å². The fraction of sp³-hybridized carbons (Fsp3) is 0.643. The molecule has 2 rings (SSSR count). The third-order valence-corrected chi connectivity index (χ3v) is 5.34. The van der Waals surface area contributed by atoms with E-state index in [9.17, 15) is 17.6 Å². The molecule has 2 heterocycles. The Labute approximate surface area is 140 Å². The van der Waals surface area contributed by atoms with Gasteiger partial charge in [-0.2, -0.15) is 0 Å². The maximum absolute atomic E-state index is 13.8. The number of rotatable bonds is 7. The van der Waals surface area contributed by atoms with Crippen LogP contribution >= 0.6 is 11.3 Å². The number of sulfonamides is 1. The van der Waals surface area contributed by atoms with Crippen molar-refractivity contribution in [3.05, 3.63) is 22.4 Å². The number of nitrogens with zero attached hydrogens (tertiary/aromatic N) is 2. The highest BCUT2D eigenvalue weighted by atomic mass is 32.2. The third kappa shape index (κ3) is 5.83. The van der Waals surface area contributed by atoms with Gasteiger partial charge in [-0.3, -0.25) is 9.69 Å². The van der Waals surface area contributed by atoms with Gasteiger partial charge in [0, 0.05) is 37.6 Å². The smallest absolute Gasteiger partial charge is 0.237 e. The molecule has 1 saturated heterocycles. The zero-order valence-corrected chi connectivity index (χ0v) is 14.9. The Morgan fingerprint density at radius 3 is 2.91 bits per heavy atom. The van der Waals surface area contributed by atoms with Crippen molar-refractivity contribution in [2.24, 2.45) is 0 Å². The molecular weight excluding hydrogens is 341 g/mol. The molecule has 0 spiro atoms. The van der Waals surface area contributed by atoms with E-state index in [0.29, 0.717) is 26.1 Å². The van der Waals surface area contributed by atoms with Crippen molar-refractivity contribution in [2.75, 3.05) is 32.9 Å². The Kier molecular flexibility index (Phi) is 6.12. The van der Waals surface area contributed by atoms with E-state index < -0.39 is 16.2 Å². The first kappa shape index (κ1) is 18.3. The van der Waals surface area contributed by atoms with Crippen molar-refractivity contribution in [2.45, 2.75) is 25.2 Å². The third-order valence-electron chi connectivity index (χ3n) is 3.81. The van der Waals surface area contributed by atoms with Gasteiger partial charge < -0.3 is 4.90 Å². The van der Waals surface area contributed by atoms with E-state index >= 15 is 0 Å². The summed E-state index contributed by atoms with van der Waals surface area (Å²) in [6.07, 6.45) is 0.508. The summed E-state index contributed by atoms with van der Waals surface area (Å²) in [6.45, 7) is 1.15. The molecule has 9 heteroatoms. The topological polar surface area (TPSA) is 69.7 Å². The second-order valence-corrected chi connectivity index (χ2v) is 8.73. The lowest BCUT2D eigenvalue weighted by atomic mass is 10.2. The number of likely N-dealkylation sites (tertiary alicyclic amines) is 1. The summed E-state index contributed by atoms with van der Waals surface area (Å²) in [6, 6.07) is 3.92. The summed E-state index contributed by atoms with van der Waals surface area (Å²) in [7, 11) is -1.79. The van der Waals surface area contributed by atoms with Crippen molar-refractivity contribution in [1.82, 2.24) is 14.5 Å². The van der Waals surface area contributed by atoms with Crippen molar-refractivity contribution in [1.29, 1.82) is 0 Å². The largest absolute Gasteiger partial charge is 0.343 e. The predicted molar refractivity (Wildman–Crippen MR) is 88.5 cm³/mol. The van der Waals surface area contributed by atoms with Crippen LogP contribution in [0.3, 0.4) is 0 Å². The fourth-order valence-corrected chi connectivity index (χ4v) is 3.77. The summed E-state index contributed by atoms with van der Waals surface area (Å²) in [5.74, 6) is -0.325. The molecule has 0 radical (unpaired) electrons. The van der Waals surface area contributed by atoms with Crippen LogP contribution in [0, 0.1) is 0 Å². The number of halogens is 1. The minimum atomic E-state index is -3.40. The Balaban J connectivity index is 1.89. The molecule has 0 aliphatic carbocycles. The second kappa shape index (κ2) is 7.69. The summed E-state index contributed by atoms with van der Waals surface area (Å²) < 4.78 is 38.0. The Hall–Kier alpha value is -1.03. The number of nitrogens with one attached hydrogen (secondary N) is 1. The molecule has 1 fully saturated rings. The molecule has 6 nitrogen and oxygen atoms in total. The van der Waals surface area contributed by atoms with Gasteiger partial charge in [-0.25, -0.2) is 17.5 Å². The standard InChI is InChI=1S/C14H22FN3O3S2/c1-17(14(19)7-16-23(2,20)21)9-12-6-11(15)8-18(12)10-13-4-3-5-22-13/h3-5,11-12,16H,6-10H2,1-2H3/t11-,12-/m0/s1. The van der Waals surface area contributed by atoms with Crippen molar-refractivity contribution in [3.63, 3.8) is 0 Å². The lowest BCUT2D eigenvalue weighted by molar-refractivity contribution is -0.129. The highest BCUT2D eigenvalue weighted by Crippen LogP contribution is 2.24. The average Bonchev–Trinajstić information content (AvgIpc) is 3.06. The van der Waals surface area contributed by atoms with Gasteiger partial charge in [-0.1, -0.05) is 6.07 Å². The molecule has 1 aromatic rings. The minimum absolute atomic E-state index is 0.0562. The van der Waals surface area contributed by atoms with Crippen molar-refractivity contribution in [3.8, 4) is 0 Å². The van der Waals surface area contributed by atoms with Crippen LogP contribution in [0.4, 0.5) is 4.39 Å². The summed E-state index contributed by atoms with van der Waals surface area (Å²) in [5, 5.41) is 1.99. The SMILES string of the molecule is CN(C[C@@H]1C[C@H](F)CN1Cc1cccs1)C(=O)CNS(C)(=O)=O. The number of likely N-dealkylation sites (N-methyl/N-ethyl adjacent to an activating group) is 1. The number of thiophene rings is 1. The zero-order valence-electron chi connectivity index (χ0n) is 13.2. The molecule has 1 aromatic heterocycles. The maximum atomic E-state index is 13.8. The lowest BCUT2D eigenvalue weighted by Crippen LogP contribution is -2.44.